The molecule has 0 radical (unpaired) electrons. The quantitative estimate of drug-likeness (QED) is 0.617. The molecule has 0 aliphatic heterocycles. The van der Waals surface area contributed by atoms with Gasteiger partial charge in [-0.3, -0.25) is 0 Å². The zero-order valence-corrected chi connectivity index (χ0v) is 13.1. The summed E-state index contributed by atoms with van der Waals surface area (Å²) in [6, 6.07) is 11.8. The summed E-state index contributed by atoms with van der Waals surface area (Å²) in [5.74, 6) is 0.0241. The van der Waals surface area contributed by atoms with Crippen LogP contribution in [0.5, 0.6) is 5.75 Å². The molecule has 0 aromatic heterocycles. The summed E-state index contributed by atoms with van der Waals surface area (Å²) in [4.78, 5) is 0. The SMILES string of the molecule is CCc1ccc(C(F)(F)OCCc2ccc(OC(F)F)cc2)cc1. The number of alkyl halides is 4. The molecule has 0 N–H and O–H groups in total. The van der Waals surface area contributed by atoms with Crippen molar-refractivity contribution in [3.05, 3.63) is 65.2 Å². The van der Waals surface area contributed by atoms with Gasteiger partial charge in [-0.1, -0.05) is 43.3 Å². The molecule has 0 bridgehead atoms. The Bertz CT molecular complexity index is 624. The third kappa shape index (κ3) is 5.23. The number of aryl methyl sites for hydroxylation is 1. The standard InChI is InChI=1S/C18H18F4O2/c1-2-13-3-7-15(8-4-13)18(21,22)23-12-11-14-5-9-16(10-6-14)24-17(19)20/h3-10,17H,2,11-12H2,1H3. The number of ether oxygens (including phenoxy) is 2. The van der Waals surface area contributed by atoms with Crippen molar-refractivity contribution in [2.45, 2.75) is 32.5 Å². The minimum atomic E-state index is -3.37. The van der Waals surface area contributed by atoms with Crippen molar-refractivity contribution in [1.29, 1.82) is 0 Å². The Labute approximate surface area is 138 Å². The van der Waals surface area contributed by atoms with E-state index in [2.05, 4.69) is 4.74 Å². The maximum atomic E-state index is 14.0. The molecular formula is C18H18F4O2. The van der Waals surface area contributed by atoms with Gasteiger partial charge in [-0.25, -0.2) is 0 Å². The van der Waals surface area contributed by atoms with Gasteiger partial charge in [0.05, 0.1) is 12.2 Å². The Hall–Kier alpha value is -2.08. The first kappa shape index (κ1) is 18.3. The van der Waals surface area contributed by atoms with Crippen molar-refractivity contribution in [3.8, 4) is 5.75 Å². The van der Waals surface area contributed by atoms with Crippen molar-refractivity contribution >= 4 is 0 Å². The Morgan fingerprint density at radius 2 is 1.50 bits per heavy atom. The van der Waals surface area contributed by atoms with Crippen LogP contribution in [0.25, 0.3) is 0 Å². The van der Waals surface area contributed by atoms with Gasteiger partial charge in [0.15, 0.2) is 0 Å². The van der Waals surface area contributed by atoms with Crippen LogP contribution in [0.3, 0.4) is 0 Å². The minimum Gasteiger partial charge on any atom is -0.435 e. The number of halogens is 4. The van der Waals surface area contributed by atoms with Crippen LogP contribution >= 0.6 is 0 Å². The average Bonchev–Trinajstić information content (AvgIpc) is 2.56. The lowest BCUT2D eigenvalue weighted by Gasteiger charge is -2.17. The van der Waals surface area contributed by atoms with Crippen LogP contribution in [0.4, 0.5) is 17.6 Å². The van der Waals surface area contributed by atoms with Crippen molar-refractivity contribution in [2.24, 2.45) is 0 Å². The third-order valence-electron chi connectivity index (χ3n) is 3.52. The summed E-state index contributed by atoms with van der Waals surface area (Å²) in [5, 5.41) is 0. The molecule has 0 unspecified atom stereocenters. The molecule has 0 aliphatic carbocycles. The Balaban J connectivity index is 1.87. The lowest BCUT2D eigenvalue weighted by Crippen LogP contribution is -2.19. The van der Waals surface area contributed by atoms with Crippen LogP contribution in [0.1, 0.15) is 23.6 Å². The van der Waals surface area contributed by atoms with Crippen LogP contribution in [0, 0.1) is 0 Å². The maximum absolute atomic E-state index is 14.0. The topological polar surface area (TPSA) is 18.5 Å². The van der Waals surface area contributed by atoms with Crippen molar-refractivity contribution in [2.75, 3.05) is 6.61 Å². The zero-order chi connectivity index (χ0) is 17.6. The molecule has 0 spiro atoms. The number of benzene rings is 2. The lowest BCUT2D eigenvalue weighted by atomic mass is 10.1. The summed E-state index contributed by atoms with van der Waals surface area (Å²) in [5.41, 5.74) is 1.47. The van der Waals surface area contributed by atoms with E-state index in [1.54, 1.807) is 12.1 Å². The van der Waals surface area contributed by atoms with Crippen LogP contribution < -0.4 is 4.74 Å². The second-order valence-electron chi connectivity index (χ2n) is 5.19. The van der Waals surface area contributed by atoms with Gasteiger partial charge >= 0.3 is 12.7 Å². The molecule has 6 heteroatoms. The summed E-state index contributed by atoms with van der Waals surface area (Å²) in [6.45, 7) is -1.14. The van der Waals surface area contributed by atoms with E-state index < -0.39 is 12.7 Å². The third-order valence-corrected chi connectivity index (χ3v) is 3.52. The van der Waals surface area contributed by atoms with E-state index >= 15 is 0 Å². The molecule has 0 heterocycles. The van der Waals surface area contributed by atoms with Crippen LogP contribution in [-0.2, 0) is 23.7 Å². The smallest absolute Gasteiger partial charge is 0.387 e. The van der Waals surface area contributed by atoms with E-state index in [1.807, 2.05) is 6.92 Å². The first-order valence-corrected chi connectivity index (χ1v) is 7.55. The molecule has 0 amide bonds. The van der Waals surface area contributed by atoms with Crippen LogP contribution in [0.15, 0.2) is 48.5 Å². The zero-order valence-electron chi connectivity index (χ0n) is 13.1. The molecule has 130 valence electrons. The molecule has 0 saturated heterocycles. The summed E-state index contributed by atoms with van der Waals surface area (Å²) in [7, 11) is 0. The predicted molar refractivity (Wildman–Crippen MR) is 82.4 cm³/mol. The fraction of sp³-hybridized carbons (Fsp3) is 0.333. The summed E-state index contributed by atoms with van der Waals surface area (Å²) >= 11 is 0. The van der Waals surface area contributed by atoms with Gasteiger partial charge in [0.1, 0.15) is 5.75 Å². The fourth-order valence-electron chi connectivity index (χ4n) is 2.15. The van der Waals surface area contributed by atoms with Gasteiger partial charge < -0.3 is 9.47 Å². The van der Waals surface area contributed by atoms with Gasteiger partial charge in [-0.2, -0.15) is 17.6 Å². The lowest BCUT2D eigenvalue weighted by molar-refractivity contribution is -0.248. The molecule has 24 heavy (non-hydrogen) atoms. The normalized spacial score (nSPS) is 11.8. The number of hydrogen-bond donors (Lipinski definition) is 0. The van der Waals surface area contributed by atoms with Crippen LogP contribution in [0.2, 0.25) is 0 Å². The monoisotopic (exact) mass is 342 g/mol. The molecule has 2 aromatic rings. The second-order valence-corrected chi connectivity index (χ2v) is 5.19. The Kier molecular flexibility index (Phi) is 6.20. The van der Waals surface area contributed by atoms with Gasteiger partial charge in [0.25, 0.3) is 0 Å². The van der Waals surface area contributed by atoms with Crippen molar-refractivity contribution in [3.63, 3.8) is 0 Å². The van der Waals surface area contributed by atoms with E-state index in [0.29, 0.717) is 5.56 Å². The highest BCUT2D eigenvalue weighted by Gasteiger charge is 2.32. The molecule has 0 saturated carbocycles. The molecular weight excluding hydrogens is 324 g/mol. The highest BCUT2D eigenvalue weighted by atomic mass is 19.3. The summed E-state index contributed by atoms with van der Waals surface area (Å²) in [6.07, 6.45) is -2.36. The number of hydrogen-bond acceptors (Lipinski definition) is 2. The van der Waals surface area contributed by atoms with Crippen molar-refractivity contribution < 1.29 is 27.0 Å². The van der Waals surface area contributed by atoms with E-state index in [0.717, 1.165) is 12.0 Å². The molecule has 0 aliphatic rings. The van der Waals surface area contributed by atoms with E-state index in [-0.39, 0.29) is 24.3 Å². The largest absolute Gasteiger partial charge is 0.435 e. The maximum Gasteiger partial charge on any atom is 0.387 e. The van der Waals surface area contributed by atoms with Gasteiger partial charge in [0.2, 0.25) is 0 Å². The molecule has 0 atom stereocenters. The Morgan fingerprint density at radius 3 is 2.04 bits per heavy atom. The first-order valence-electron chi connectivity index (χ1n) is 7.55. The van der Waals surface area contributed by atoms with E-state index in [9.17, 15) is 17.6 Å². The predicted octanol–water partition coefficient (Wildman–Crippen LogP) is 5.16. The van der Waals surface area contributed by atoms with Gasteiger partial charge in [0, 0.05) is 0 Å². The fourth-order valence-corrected chi connectivity index (χ4v) is 2.15. The second kappa shape index (κ2) is 8.15. The highest BCUT2D eigenvalue weighted by molar-refractivity contribution is 5.27. The average molecular weight is 342 g/mol. The highest BCUT2D eigenvalue weighted by Crippen LogP contribution is 2.29. The minimum absolute atomic E-state index is 0.0241. The van der Waals surface area contributed by atoms with Crippen molar-refractivity contribution in [1.82, 2.24) is 0 Å². The van der Waals surface area contributed by atoms with Gasteiger partial charge in [-0.05, 0) is 36.1 Å². The van der Waals surface area contributed by atoms with Crippen LogP contribution in [-0.4, -0.2) is 13.2 Å². The van der Waals surface area contributed by atoms with E-state index in [1.165, 1.54) is 36.4 Å². The number of rotatable bonds is 8. The Morgan fingerprint density at radius 1 is 0.917 bits per heavy atom. The molecule has 0 fully saturated rings. The molecule has 2 aromatic carbocycles. The molecule has 2 nitrogen and oxygen atoms in total. The van der Waals surface area contributed by atoms with Gasteiger partial charge in [-0.15, -0.1) is 0 Å². The summed E-state index contributed by atoms with van der Waals surface area (Å²) < 4.78 is 61.0. The first-order chi connectivity index (χ1) is 11.4. The van der Waals surface area contributed by atoms with E-state index in [4.69, 9.17) is 4.74 Å². The molecule has 2 rings (SSSR count).